The third kappa shape index (κ3) is 9.29. The number of carbonyl (C=O) groups is 2. The minimum absolute atomic E-state index is 0.0786. The largest absolute Gasteiger partial charge is 0.460 e. The molecule has 0 saturated heterocycles. The second kappa shape index (κ2) is 12.1. The number of aliphatic hydroxyl groups is 1. The first-order valence-corrected chi connectivity index (χ1v) is 11.5. The van der Waals surface area contributed by atoms with Crippen LogP contribution in [0.4, 0.5) is 0 Å². The molecule has 1 amide bonds. The number of carbonyl (C=O) groups excluding carboxylic acids is 2. The SMILES string of the molecule is CC(C)(C)OC(=O)CC(CCCC1CCCCC1)C(=O)NCC(O)c1ccccc1. The van der Waals surface area contributed by atoms with E-state index in [9.17, 15) is 14.7 Å². The average Bonchev–Trinajstić information content (AvgIpc) is 2.71. The maximum atomic E-state index is 12.8. The van der Waals surface area contributed by atoms with E-state index in [0.29, 0.717) is 6.42 Å². The second-order valence-corrected chi connectivity index (χ2v) is 9.59. The van der Waals surface area contributed by atoms with E-state index in [1.807, 2.05) is 51.1 Å². The summed E-state index contributed by atoms with van der Waals surface area (Å²) in [6, 6.07) is 9.27. The Kier molecular flexibility index (Phi) is 9.83. The van der Waals surface area contributed by atoms with Gasteiger partial charge in [-0.15, -0.1) is 0 Å². The molecule has 0 aliphatic heterocycles. The molecule has 2 unspecified atom stereocenters. The zero-order valence-electron chi connectivity index (χ0n) is 18.9. The van der Waals surface area contributed by atoms with Gasteiger partial charge in [0.15, 0.2) is 0 Å². The standard InChI is InChI=1S/C25H39NO4/c1-25(2,3)30-23(28)17-21(16-10-13-19-11-6-4-7-12-19)24(29)26-18-22(27)20-14-8-5-9-15-20/h5,8-9,14-15,19,21-22,27H,4,6-7,10-13,16-18H2,1-3H3,(H,26,29). The molecule has 30 heavy (non-hydrogen) atoms. The fourth-order valence-corrected chi connectivity index (χ4v) is 4.17. The van der Waals surface area contributed by atoms with Crippen LogP contribution in [0.3, 0.4) is 0 Å². The quantitative estimate of drug-likeness (QED) is 0.529. The highest BCUT2D eigenvalue weighted by atomic mass is 16.6. The third-order valence-corrected chi connectivity index (χ3v) is 5.75. The van der Waals surface area contributed by atoms with E-state index < -0.39 is 17.6 Å². The van der Waals surface area contributed by atoms with Crippen molar-refractivity contribution >= 4 is 11.9 Å². The normalized spacial score (nSPS) is 17.2. The van der Waals surface area contributed by atoms with Gasteiger partial charge in [0.2, 0.25) is 5.91 Å². The lowest BCUT2D eigenvalue weighted by molar-refractivity contribution is -0.157. The van der Waals surface area contributed by atoms with Gasteiger partial charge in [-0.1, -0.05) is 75.3 Å². The summed E-state index contributed by atoms with van der Waals surface area (Å²) < 4.78 is 5.44. The molecule has 0 aromatic heterocycles. The van der Waals surface area contributed by atoms with Gasteiger partial charge in [0.05, 0.1) is 12.5 Å². The highest BCUT2D eigenvalue weighted by Gasteiger charge is 2.26. The number of nitrogens with one attached hydrogen (secondary N) is 1. The molecular weight excluding hydrogens is 378 g/mol. The number of aliphatic hydroxyl groups excluding tert-OH is 1. The monoisotopic (exact) mass is 417 g/mol. The van der Waals surface area contributed by atoms with Crippen LogP contribution in [0.2, 0.25) is 0 Å². The number of benzene rings is 1. The van der Waals surface area contributed by atoms with Crippen LogP contribution in [0, 0.1) is 11.8 Å². The summed E-state index contributed by atoms with van der Waals surface area (Å²) in [6.45, 7) is 5.63. The summed E-state index contributed by atoms with van der Waals surface area (Å²) in [5.74, 6) is -0.196. The Balaban J connectivity index is 1.88. The van der Waals surface area contributed by atoms with Crippen LogP contribution >= 0.6 is 0 Å². The lowest BCUT2D eigenvalue weighted by Crippen LogP contribution is -2.36. The Morgan fingerprint density at radius 2 is 1.80 bits per heavy atom. The molecule has 1 aliphatic rings. The molecule has 5 heteroatoms. The smallest absolute Gasteiger partial charge is 0.307 e. The van der Waals surface area contributed by atoms with E-state index in [1.165, 1.54) is 32.1 Å². The van der Waals surface area contributed by atoms with Crippen molar-refractivity contribution in [2.75, 3.05) is 6.54 Å². The predicted octanol–water partition coefficient (Wildman–Crippen LogP) is 4.93. The van der Waals surface area contributed by atoms with Crippen molar-refractivity contribution in [2.45, 2.75) is 90.3 Å². The molecule has 5 nitrogen and oxygen atoms in total. The molecular formula is C25H39NO4. The van der Waals surface area contributed by atoms with Crippen LogP contribution in [-0.2, 0) is 14.3 Å². The molecule has 168 valence electrons. The second-order valence-electron chi connectivity index (χ2n) is 9.59. The van der Waals surface area contributed by atoms with E-state index in [2.05, 4.69) is 5.32 Å². The van der Waals surface area contributed by atoms with E-state index in [4.69, 9.17) is 4.74 Å². The van der Waals surface area contributed by atoms with Gasteiger partial charge in [-0.05, 0) is 38.7 Å². The minimum atomic E-state index is -0.764. The summed E-state index contributed by atoms with van der Waals surface area (Å²) in [4.78, 5) is 25.2. The maximum absolute atomic E-state index is 12.8. The van der Waals surface area contributed by atoms with Crippen LogP contribution in [0.15, 0.2) is 30.3 Å². The number of ether oxygens (including phenoxy) is 1. The Labute approximate surface area is 181 Å². The fourth-order valence-electron chi connectivity index (χ4n) is 4.17. The lowest BCUT2D eigenvalue weighted by Gasteiger charge is -2.24. The molecule has 1 fully saturated rings. The molecule has 1 saturated carbocycles. The van der Waals surface area contributed by atoms with Crippen molar-refractivity contribution in [1.29, 1.82) is 0 Å². The van der Waals surface area contributed by atoms with E-state index in [-0.39, 0.29) is 24.8 Å². The van der Waals surface area contributed by atoms with Gasteiger partial charge < -0.3 is 15.2 Å². The van der Waals surface area contributed by atoms with Gasteiger partial charge in [-0.3, -0.25) is 9.59 Å². The van der Waals surface area contributed by atoms with Crippen LogP contribution in [0.25, 0.3) is 0 Å². The molecule has 2 rings (SSSR count). The molecule has 1 aromatic rings. The van der Waals surface area contributed by atoms with Crippen LogP contribution in [0.5, 0.6) is 0 Å². The number of hydrogen-bond donors (Lipinski definition) is 2. The van der Waals surface area contributed by atoms with E-state index in [1.54, 1.807) is 0 Å². The summed E-state index contributed by atoms with van der Waals surface area (Å²) >= 11 is 0. The first-order valence-electron chi connectivity index (χ1n) is 11.5. The zero-order valence-corrected chi connectivity index (χ0v) is 18.9. The molecule has 0 spiro atoms. The zero-order chi connectivity index (χ0) is 22.0. The van der Waals surface area contributed by atoms with Crippen molar-refractivity contribution in [3.8, 4) is 0 Å². The van der Waals surface area contributed by atoms with Crippen molar-refractivity contribution < 1.29 is 19.4 Å². The summed E-state index contributed by atoms with van der Waals surface area (Å²) in [5.41, 5.74) is 0.197. The fraction of sp³-hybridized carbons (Fsp3) is 0.680. The van der Waals surface area contributed by atoms with Gasteiger partial charge in [0.1, 0.15) is 5.60 Å². The van der Waals surface area contributed by atoms with Gasteiger partial charge in [-0.25, -0.2) is 0 Å². The topological polar surface area (TPSA) is 75.6 Å². The lowest BCUT2D eigenvalue weighted by atomic mass is 9.84. The summed E-state index contributed by atoms with van der Waals surface area (Å²) in [5, 5.41) is 13.2. The van der Waals surface area contributed by atoms with Crippen molar-refractivity contribution in [2.24, 2.45) is 11.8 Å². The van der Waals surface area contributed by atoms with Crippen LogP contribution in [0.1, 0.15) is 90.2 Å². The highest BCUT2D eigenvalue weighted by molar-refractivity contribution is 5.83. The predicted molar refractivity (Wildman–Crippen MR) is 119 cm³/mol. The number of rotatable bonds is 10. The molecule has 1 aromatic carbocycles. The van der Waals surface area contributed by atoms with Crippen molar-refractivity contribution in [3.63, 3.8) is 0 Å². The molecule has 0 heterocycles. The minimum Gasteiger partial charge on any atom is -0.460 e. The first kappa shape index (κ1) is 24.4. The van der Waals surface area contributed by atoms with Gasteiger partial charge in [0.25, 0.3) is 0 Å². The van der Waals surface area contributed by atoms with Gasteiger partial charge >= 0.3 is 5.97 Å². The summed E-state index contributed by atoms with van der Waals surface area (Å²) in [7, 11) is 0. The number of amides is 1. The van der Waals surface area contributed by atoms with Gasteiger partial charge in [-0.2, -0.15) is 0 Å². The average molecular weight is 418 g/mol. The number of esters is 1. The van der Waals surface area contributed by atoms with E-state index in [0.717, 1.165) is 24.3 Å². The highest BCUT2D eigenvalue weighted by Crippen LogP contribution is 2.29. The third-order valence-electron chi connectivity index (χ3n) is 5.75. The van der Waals surface area contributed by atoms with E-state index >= 15 is 0 Å². The van der Waals surface area contributed by atoms with Crippen LogP contribution in [-0.4, -0.2) is 29.1 Å². The first-order chi connectivity index (χ1) is 14.2. The molecule has 1 aliphatic carbocycles. The van der Waals surface area contributed by atoms with Crippen LogP contribution < -0.4 is 5.32 Å². The van der Waals surface area contributed by atoms with Gasteiger partial charge in [0, 0.05) is 12.5 Å². The Hall–Kier alpha value is -1.88. The Morgan fingerprint density at radius 3 is 2.43 bits per heavy atom. The number of hydrogen-bond acceptors (Lipinski definition) is 4. The van der Waals surface area contributed by atoms with Crippen molar-refractivity contribution in [3.05, 3.63) is 35.9 Å². The molecule has 2 N–H and O–H groups in total. The Bertz CT molecular complexity index is 647. The molecule has 2 atom stereocenters. The molecule has 0 radical (unpaired) electrons. The maximum Gasteiger partial charge on any atom is 0.307 e. The molecule has 0 bridgehead atoms. The Morgan fingerprint density at radius 1 is 1.13 bits per heavy atom. The summed E-state index contributed by atoms with van der Waals surface area (Å²) in [6.07, 6.45) is 8.56. The van der Waals surface area contributed by atoms with Crippen molar-refractivity contribution in [1.82, 2.24) is 5.32 Å².